The van der Waals surface area contributed by atoms with Crippen LogP contribution in [0.25, 0.3) is 0 Å². The fourth-order valence-electron chi connectivity index (χ4n) is 2.13. The number of anilines is 1. The van der Waals surface area contributed by atoms with Gasteiger partial charge in [0.2, 0.25) is 0 Å². The second-order valence-corrected chi connectivity index (χ2v) is 4.75. The standard InChI is InChI=1S/C13H16N4O5/c1-8(7-22-3)15-12-11(16(18)19)6-10(4-5-14)9(2)13(12)17(20)21/h6,8,15H,4,7H2,1-3H3. The Balaban J connectivity index is 3.56. The molecule has 1 rings (SSSR count). The van der Waals surface area contributed by atoms with E-state index in [-0.39, 0.29) is 41.6 Å². The maximum Gasteiger partial charge on any atom is 0.302 e. The molecule has 9 nitrogen and oxygen atoms in total. The Labute approximate surface area is 126 Å². The van der Waals surface area contributed by atoms with E-state index in [2.05, 4.69) is 5.32 Å². The van der Waals surface area contributed by atoms with Gasteiger partial charge < -0.3 is 10.1 Å². The van der Waals surface area contributed by atoms with Gasteiger partial charge in [-0.3, -0.25) is 20.2 Å². The summed E-state index contributed by atoms with van der Waals surface area (Å²) in [7, 11) is 1.46. The fraction of sp³-hybridized carbons (Fsp3) is 0.462. The average molecular weight is 308 g/mol. The molecule has 0 bridgehead atoms. The zero-order valence-corrected chi connectivity index (χ0v) is 12.5. The molecule has 0 saturated heterocycles. The van der Waals surface area contributed by atoms with Crippen LogP contribution in [0.4, 0.5) is 17.1 Å². The van der Waals surface area contributed by atoms with Gasteiger partial charge in [0.15, 0.2) is 5.69 Å². The first kappa shape index (κ1) is 17.3. The van der Waals surface area contributed by atoms with Crippen LogP contribution < -0.4 is 5.32 Å². The number of rotatable bonds is 7. The van der Waals surface area contributed by atoms with E-state index in [1.165, 1.54) is 20.1 Å². The molecule has 1 unspecified atom stereocenters. The molecule has 0 aliphatic carbocycles. The lowest BCUT2D eigenvalue weighted by Crippen LogP contribution is -2.22. The zero-order chi connectivity index (χ0) is 16.9. The number of benzene rings is 1. The van der Waals surface area contributed by atoms with Gasteiger partial charge in [-0.15, -0.1) is 0 Å². The second kappa shape index (κ2) is 7.33. The third-order valence-corrected chi connectivity index (χ3v) is 3.10. The predicted octanol–water partition coefficient (Wildman–Crippen LogP) is 2.32. The van der Waals surface area contributed by atoms with Crippen molar-refractivity contribution in [2.24, 2.45) is 0 Å². The fourth-order valence-corrected chi connectivity index (χ4v) is 2.13. The number of nitriles is 1. The van der Waals surface area contributed by atoms with E-state index in [9.17, 15) is 20.2 Å². The van der Waals surface area contributed by atoms with Crippen LogP contribution in [0.15, 0.2) is 6.07 Å². The Hall–Kier alpha value is -2.73. The number of nitrogens with one attached hydrogen (secondary N) is 1. The SMILES string of the molecule is COCC(C)Nc1c([N+](=O)[O-])cc(CC#N)c(C)c1[N+](=O)[O-]. The molecule has 22 heavy (non-hydrogen) atoms. The molecule has 0 spiro atoms. The van der Waals surface area contributed by atoms with E-state index in [1.54, 1.807) is 6.92 Å². The van der Waals surface area contributed by atoms with Crippen LogP contribution in [0.1, 0.15) is 18.1 Å². The monoisotopic (exact) mass is 308 g/mol. The molecule has 1 atom stereocenters. The molecule has 0 saturated carbocycles. The quantitative estimate of drug-likeness (QED) is 0.603. The third kappa shape index (κ3) is 3.67. The summed E-state index contributed by atoms with van der Waals surface area (Å²) in [6.07, 6.45) is -0.137. The lowest BCUT2D eigenvalue weighted by atomic mass is 10.0. The first-order chi connectivity index (χ1) is 10.3. The van der Waals surface area contributed by atoms with Crippen molar-refractivity contribution in [3.63, 3.8) is 0 Å². The summed E-state index contributed by atoms with van der Waals surface area (Å²) in [6, 6.07) is 2.70. The van der Waals surface area contributed by atoms with Gasteiger partial charge in [-0.2, -0.15) is 5.26 Å². The van der Waals surface area contributed by atoms with Crippen LogP contribution in [0, 0.1) is 38.5 Å². The largest absolute Gasteiger partial charge is 0.383 e. The highest BCUT2D eigenvalue weighted by Crippen LogP contribution is 2.39. The van der Waals surface area contributed by atoms with Gasteiger partial charge in [-0.1, -0.05) is 0 Å². The zero-order valence-electron chi connectivity index (χ0n) is 12.5. The van der Waals surface area contributed by atoms with Crippen molar-refractivity contribution in [2.45, 2.75) is 26.3 Å². The molecule has 0 radical (unpaired) electrons. The molecule has 1 aromatic rings. The summed E-state index contributed by atoms with van der Waals surface area (Å²) >= 11 is 0. The Kier molecular flexibility index (Phi) is 5.77. The molecule has 0 aromatic heterocycles. The Morgan fingerprint density at radius 2 is 2.05 bits per heavy atom. The van der Waals surface area contributed by atoms with Crippen molar-refractivity contribution < 1.29 is 14.6 Å². The molecule has 0 aliphatic rings. The first-order valence-electron chi connectivity index (χ1n) is 6.41. The first-order valence-corrected chi connectivity index (χ1v) is 6.41. The lowest BCUT2D eigenvalue weighted by Gasteiger charge is -2.16. The van der Waals surface area contributed by atoms with Crippen molar-refractivity contribution >= 4 is 17.1 Å². The molecule has 0 fully saturated rings. The molecule has 0 amide bonds. The second-order valence-electron chi connectivity index (χ2n) is 4.75. The summed E-state index contributed by atoms with van der Waals surface area (Å²) in [6.45, 7) is 3.39. The average Bonchev–Trinajstić information content (AvgIpc) is 2.41. The number of ether oxygens (including phenoxy) is 1. The highest BCUT2D eigenvalue weighted by molar-refractivity contribution is 5.78. The summed E-state index contributed by atoms with van der Waals surface area (Å²) in [5, 5.41) is 34.1. The lowest BCUT2D eigenvalue weighted by molar-refractivity contribution is -0.392. The summed E-state index contributed by atoms with van der Waals surface area (Å²) in [5.41, 5.74) is -0.471. The molecule has 9 heteroatoms. The Morgan fingerprint density at radius 3 is 2.50 bits per heavy atom. The van der Waals surface area contributed by atoms with E-state index in [0.717, 1.165) is 0 Å². The molecule has 1 aromatic carbocycles. The molecule has 118 valence electrons. The molecule has 0 heterocycles. The van der Waals surface area contributed by atoms with E-state index in [0.29, 0.717) is 0 Å². The molecule has 0 aliphatic heterocycles. The maximum atomic E-state index is 11.3. The van der Waals surface area contributed by atoms with Gasteiger partial charge in [0.1, 0.15) is 0 Å². The minimum absolute atomic E-state index is 0.137. The summed E-state index contributed by atoms with van der Waals surface area (Å²) in [5.74, 6) is 0. The van der Waals surface area contributed by atoms with Crippen LogP contribution in [-0.4, -0.2) is 29.6 Å². The maximum absolute atomic E-state index is 11.3. The van der Waals surface area contributed by atoms with Crippen LogP contribution in [0.2, 0.25) is 0 Å². The minimum Gasteiger partial charge on any atom is -0.383 e. The van der Waals surface area contributed by atoms with Gasteiger partial charge in [0, 0.05) is 24.8 Å². The number of methoxy groups -OCH3 is 1. The van der Waals surface area contributed by atoms with E-state index >= 15 is 0 Å². The highest BCUT2D eigenvalue weighted by atomic mass is 16.6. The van der Waals surface area contributed by atoms with Gasteiger partial charge in [0.25, 0.3) is 5.69 Å². The topological polar surface area (TPSA) is 131 Å². The van der Waals surface area contributed by atoms with Crippen LogP contribution >= 0.6 is 0 Å². The van der Waals surface area contributed by atoms with Gasteiger partial charge in [-0.05, 0) is 19.4 Å². The van der Waals surface area contributed by atoms with Gasteiger partial charge >= 0.3 is 5.69 Å². The van der Waals surface area contributed by atoms with Crippen LogP contribution in [0.5, 0.6) is 0 Å². The Bertz CT molecular complexity index is 638. The highest BCUT2D eigenvalue weighted by Gasteiger charge is 2.30. The van der Waals surface area contributed by atoms with Gasteiger partial charge in [-0.25, -0.2) is 0 Å². The predicted molar refractivity (Wildman–Crippen MR) is 78.8 cm³/mol. The van der Waals surface area contributed by atoms with Crippen LogP contribution in [-0.2, 0) is 11.2 Å². The number of hydrogen-bond donors (Lipinski definition) is 1. The Morgan fingerprint density at radius 1 is 1.41 bits per heavy atom. The van der Waals surface area contributed by atoms with Crippen molar-refractivity contribution in [3.05, 3.63) is 37.4 Å². The molecular weight excluding hydrogens is 292 g/mol. The smallest absolute Gasteiger partial charge is 0.302 e. The van der Waals surface area contributed by atoms with E-state index < -0.39 is 15.5 Å². The summed E-state index contributed by atoms with van der Waals surface area (Å²) in [4.78, 5) is 21.2. The number of nitro groups is 2. The minimum atomic E-state index is -0.699. The summed E-state index contributed by atoms with van der Waals surface area (Å²) < 4.78 is 4.92. The van der Waals surface area contributed by atoms with Crippen molar-refractivity contribution in [1.29, 1.82) is 5.26 Å². The number of hydrogen-bond acceptors (Lipinski definition) is 7. The van der Waals surface area contributed by atoms with Gasteiger partial charge in [0.05, 0.1) is 28.9 Å². The van der Waals surface area contributed by atoms with Crippen molar-refractivity contribution in [2.75, 3.05) is 19.0 Å². The van der Waals surface area contributed by atoms with Crippen molar-refractivity contribution in [3.8, 4) is 6.07 Å². The van der Waals surface area contributed by atoms with Crippen molar-refractivity contribution in [1.82, 2.24) is 0 Å². The normalized spacial score (nSPS) is 11.5. The van der Waals surface area contributed by atoms with E-state index in [4.69, 9.17) is 10.00 Å². The third-order valence-electron chi connectivity index (χ3n) is 3.10. The number of nitro benzene ring substituents is 2. The van der Waals surface area contributed by atoms with E-state index in [1.807, 2.05) is 6.07 Å². The van der Waals surface area contributed by atoms with Crippen LogP contribution in [0.3, 0.4) is 0 Å². The molecular formula is C13H16N4O5. The molecule has 1 N–H and O–H groups in total. The number of nitrogens with zero attached hydrogens (tertiary/aromatic N) is 3.